The van der Waals surface area contributed by atoms with Crippen LogP contribution in [-0.4, -0.2) is 125 Å². The zero-order chi connectivity index (χ0) is 60.6. The number of aliphatic hydroxyl groups is 3. The molecular weight excluding hydrogens is 1120 g/mol. The fourth-order valence-electron chi connectivity index (χ4n) is 8.65. The molecule has 0 spiro atoms. The van der Waals surface area contributed by atoms with Gasteiger partial charge in [-0.3, -0.25) is 28.0 Å². The second kappa shape index (κ2) is 44.0. The van der Waals surface area contributed by atoms with Crippen molar-refractivity contribution < 1.29 is 81.3 Å². The summed E-state index contributed by atoms with van der Waals surface area (Å²) in [5.74, 6) is -2.15. The number of allylic oxidation sites excluding steroid dienone is 7. The lowest BCUT2D eigenvalue weighted by Gasteiger charge is -2.23. The molecule has 0 bridgehead atoms. The van der Waals surface area contributed by atoms with Crippen LogP contribution in [0.5, 0.6) is 0 Å². The van der Waals surface area contributed by atoms with Crippen molar-refractivity contribution in [2.24, 2.45) is 11.7 Å². The summed E-state index contributed by atoms with van der Waals surface area (Å²) in [4.78, 5) is 74.2. The molecule has 0 amide bonds. The Balaban J connectivity index is 1.99. The van der Waals surface area contributed by atoms with Gasteiger partial charge in [-0.2, -0.15) is 9.29 Å². The number of anilines is 1. The molecule has 470 valence electrons. The van der Waals surface area contributed by atoms with E-state index in [2.05, 4.69) is 42.2 Å². The van der Waals surface area contributed by atoms with E-state index in [0.29, 0.717) is 6.42 Å². The summed E-state index contributed by atoms with van der Waals surface area (Å²) < 4.78 is 57.2. The van der Waals surface area contributed by atoms with Crippen molar-refractivity contribution in [2.45, 2.75) is 236 Å². The molecular formula is C57H98N4O18P2S. The van der Waals surface area contributed by atoms with Crippen LogP contribution in [-0.2, 0) is 51.1 Å². The molecule has 0 radical (unpaired) electrons. The fourth-order valence-corrected chi connectivity index (χ4v) is 11.9. The third kappa shape index (κ3) is 35.7. The van der Waals surface area contributed by atoms with E-state index < -0.39 is 107 Å². The van der Waals surface area contributed by atoms with Gasteiger partial charge in [0.25, 0.3) is 0 Å². The Hall–Kier alpha value is -3.54. The molecule has 22 nitrogen and oxygen atoms in total. The number of phosphoric acid groups is 2. The third-order valence-corrected chi connectivity index (χ3v) is 17.4. The van der Waals surface area contributed by atoms with E-state index >= 15 is 0 Å². The Labute approximate surface area is 490 Å². The first-order valence-corrected chi connectivity index (χ1v) is 33.5. The Kier molecular flexibility index (Phi) is 40.0. The average Bonchev–Trinajstić information content (AvgIpc) is 3.75. The first kappa shape index (κ1) is 74.6. The van der Waals surface area contributed by atoms with Gasteiger partial charge in [0, 0.05) is 30.0 Å². The molecule has 1 fully saturated rings. The van der Waals surface area contributed by atoms with Crippen molar-refractivity contribution in [3.63, 3.8) is 0 Å². The second-order valence-corrected chi connectivity index (χ2v) is 25.4. The Morgan fingerprint density at radius 3 is 2.00 bits per heavy atom. The predicted octanol–water partition coefficient (Wildman–Crippen LogP) is 10.1. The minimum Gasteiger partial charge on any atom is -0.481 e. The number of carboxylic acids is 1. The number of unbranched alkanes of at least 4 members (excludes halogenated alkanes) is 18. The van der Waals surface area contributed by atoms with Crippen LogP contribution in [0.15, 0.2) is 65.7 Å². The molecule has 25 heteroatoms. The normalized spacial score (nSPS) is 19.7. The van der Waals surface area contributed by atoms with E-state index in [4.69, 9.17) is 39.8 Å². The van der Waals surface area contributed by atoms with Crippen molar-refractivity contribution in [1.29, 1.82) is 0 Å². The molecule has 1 saturated heterocycles. The number of rotatable bonds is 49. The molecule has 1 aliphatic heterocycles. The van der Waals surface area contributed by atoms with Crippen LogP contribution in [0, 0.1) is 5.92 Å². The van der Waals surface area contributed by atoms with Crippen LogP contribution in [0.25, 0.3) is 0 Å². The number of nitrogens with zero attached hydrogens (tertiary/aromatic N) is 2. The van der Waals surface area contributed by atoms with Crippen molar-refractivity contribution in [3.05, 3.63) is 71.4 Å². The number of nitrogen functional groups attached to an aromatic ring is 1. The monoisotopic (exact) mass is 1220 g/mol. The standard InChI is InChI=1S/C57H98N4O18P2S/c1-4-5-6-7-8-9-10-18-21-24-27-30-35-49(47(62)34-32-36-51(63)64)82-43-46(58)56(68)74-40-45(77-52(65)37-31-28-25-22-19-16-14-12-11-13-15-17-20-23-26-29-33-44(2)3)41-75-80(70,71)79-81(72,73)76-42-48-53(66)54(67)55(78-48)61-39-38-50(59)60-57(61)69/h8-9,18,21,24,27,30,35,38-39,44-49,53-55,62,66-67H,4-7,10-17,19-20,22-23,25-26,28-29,31-34,36-37,40-43,58H2,1-3H3,(H,63,64)(H,70,71)(H,72,73)(H2,59,60,69)/b9-8-,21-18-,27-24+,35-30+/t45-,46+,47+,48-,49-,53-,54-,55-/m1/s1. The number of phosphoric ester groups is 2. The minimum absolute atomic E-state index is 0.0503. The summed E-state index contributed by atoms with van der Waals surface area (Å²) in [5.41, 5.74) is 10.8. The highest BCUT2D eigenvalue weighted by Gasteiger charge is 2.46. The van der Waals surface area contributed by atoms with Gasteiger partial charge >= 0.3 is 39.2 Å². The molecule has 1 aromatic rings. The number of carbonyl (C=O) groups is 3. The zero-order valence-corrected chi connectivity index (χ0v) is 51.2. The maximum absolute atomic E-state index is 13.2. The van der Waals surface area contributed by atoms with E-state index in [-0.39, 0.29) is 37.3 Å². The van der Waals surface area contributed by atoms with Crippen molar-refractivity contribution in [2.75, 3.05) is 31.3 Å². The van der Waals surface area contributed by atoms with Gasteiger partial charge in [0.2, 0.25) is 0 Å². The van der Waals surface area contributed by atoms with Crippen LogP contribution in [0.2, 0.25) is 0 Å². The van der Waals surface area contributed by atoms with Crippen LogP contribution in [0.4, 0.5) is 5.82 Å². The number of hydrogen-bond acceptors (Lipinski definition) is 19. The lowest BCUT2D eigenvalue weighted by molar-refractivity contribution is -0.161. The van der Waals surface area contributed by atoms with Gasteiger partial charge < -0.3 is 55.9 Å². The number of carbonyl (C=O) groups excluding carboxylic acids is 2. The third-order valence-electron chi connectivity index (χ3n) is 13.3. The average molecular weight is 1220 g/mol. The number of aliphatic carboxylic acids is 1. The van der Waals surface area contributed by atoms with E-state index in [1.54, 1.807) is 18.2 Å². The molecule has 2 unspecified atom stereocenters. The van der Waals surface area contributed by atoms with Gasteiger partial charge in [-0.15, -0.1) is 11.8 Å². The number of esters is 2. The van der Waals surface area contributed by atoms with Gasteiger partial charge in [0.15, 0.2) is 12.3 Å². The topological polar surface area (TPSA) is 349 Å². The largest absolute Gasteiger partial charge is 0.481 e. The van der Waals surface area contributed by atoms with E-state index in [1.807, 2.05) is 18.2 Å². The molecule has 0 saturated carbocycles. The summed E-state index contributed by atoms with van der Waals surface area (Å²) in [6, 6.07) is -0.0708. The number of ether oxygens (including phenoxy) is 3. The minimum atomic E-state index is -5.56. The molecule has 82 heavy (non-hydrogen) atoms. The highest BCUT2D eigenvalue weighted by atomic mass is 32.2. The molecule has 2 heterocycles. The molecule has 10 N–H and O–H groups in total. The maximum Gasteiger partial charge on any atom is 0.481 e. The predicted molar refractivity (Wildman–Crippen MR) is 317 cm³/mol. The Morgan fingerprint density at radius 2 is 1.39 bits per heavy atom. The Bertz CT molecular complexity index is 2220. The quantitative estimate of drug-likeness (QED) is 0.00988. The van der Waals surface area contributed by atoms with Gasteiger partial charge in [-0.05, 0) is 50.5 Å². The van der Waals surface area contributed by atoms with Crippen LogP contribution in [0.1, 0.15) is 194 Å². The summed E-state index contributed by atoms with van der Waals surface area (Å²) in [6.45, 7) is 3.98. The molecule has 10 atom stereocenters. The second-order valence-electron chi connectivity index (χ2n) is 21.2. The highest BCUT2D eigenvalue weighted by Crippen LogP contribution is 2.60. The van der Waals surface area contributed by atoms with Gasteiger partial charge in [-0.1, -0.05) is 185 Å². The highest BCUT2D eigenvalue weighted by molar-refractivity contribution is 8.00. The molecule has 0 aromatic carbocycles. The van der Waals surface area contributed by atoms with Crippen molar-refractivity contribution in [3.8, 4) is 0 Å². The summed E-state index contributed by atoms with van der Waals surface area (Å²) in [7, 11) is -11.1. The van der Waals surface area contributed by atoms with Crippen LogP contribution in [0.3, 0.4) is 0 Å². The van der Waals surface area contributed by atoms with E-state index in [9.17, 15) is 53.4 Å². The molecule has 1 aliphatic rings. The van der Waals surface area contributed by atoms with Gasteiger partial charge in [0.05, 0.1) is 19.3 Å². The number of aliphatic hydroxyl groups excluding tert-OH is 3. The van der Waals surface area contributed by atoms with Gasteiger partial charge in [0.1, 0.15) is 36.8 Å². The fraction of sp³-hybridized carbons (Fsp3) is 0.737. The van der Waals surface area contributed by atoms with Crippen LogP contribution < -0.4 is 17.2 Å². The lowest BCUT2D eigenvalue weighted by atomic mass is 10.0. The van der Waals surface area contributed by atoms with Crippen molar-refractivity contribution >= 4 is 51.1 Å². The first-order valence-electron chi connectivity index (χ1n) is 29.4. The number of nitrogens with two attached hydrogens (primary N) is 2. The van der Waals surface area contributed by atoms with Gasteiger partial charge in [-0.25, -0.2) is 13.9 Å². The smallest absolute Gasteiger partial charge is 0.481 e. The molecule has 1 aromatic heterocycles. The SMILES string of the molecule is CCCCC/C=C\C\C=C/C=C/C=C/[C@@H](SC[C@H](N)C(=O)OC[C@H](COP(=O)(O)OP(=O)(O)OC[C@H]1O[C@@H](n2ccc(N)nc2=O)[C@H](O)[C@@H]1O)OC(=O)CCCCCCCCCCCCCCCCCCC(C)C)[C@@H](O)CCCC(=O)O. The zero-order valence-electron chi connectivity index (χ0n) is 48.6. The van der Waals surface area contributed by atoms with Crippen LogP contribution >= 0.6 is 27.4 Å². The summed E-state index contributed by atoms with van der Waals surface area (Å²) in [5, 5.41) is 40.6. The number of hydrogen-bond donors (Lipinski definition) is 8. The summed E-state index contributed by atoms with van der Waals surface area (Å²) in [6.07, 6.45) is 32.2. The maximum atomic E-state index is 13.2. The van der Waals surface area contributed by atoms with Crippen molar-refractivity contribution in [1.82, 2.24) is 9.55 Å². The number of thioether (sulfide) groups is 1. The Morgan fingerprint density at radius 1 is 0.780 bits per heavy atom. The molecule has 0 aliphatic carbocycles. The first-order chi connectivity index (χ1) is 39.1. The number of aromatic nitrogens is 2. The lowest BCUT2D eigenvalue weighted by Crippen LogP contribution is -2.38. The summed E-state index contributed by atoms with van der Waals surface area (Å²) >= 11 is 1.12. The molecule has 2 rings (SSSR count). The number of carboxylic acid groups (broad SMARTS) is 1. The van der Waals surface area contributed by atoms with E-state index in [0.717, 1.165) is 79.8 Å². The van der Waals surface area contributed by atoms with E-state index in [1.165, 1.54) is 89.5 Å².